The van der Waals surface area contributed by atoms with Crippen molar-refractivity contribution >= 4 is 24.2 Å². The van der Waals surface area contributed by atoms with Gasteiger partial charge in [-0.1, -0.05) is 56.2 Å². The van der Waals surface area contributed by atoms with E-state index in [4.69, 9.17) is 0 Å². The van der Waals surface area contributed by atoms with Crippen LogP contribution in [0.15, 0.2) is 54.6 Å². The van der Waals surface area contributed by atoms with Crippen molar-refractivity contribution in [1.82, 2.24) is 0 Å². The topological polar surface area (TPSA) is 124 Å². The minimum absolute atomic E-state index is 0.224. The van der Waals surface area contributed by atoms with E-state index in [9.17, 15) is 19.2 Å². The summed E-state index contributed by atoms with van der Waals surface area (Å²) in [6, 6.07) is 14.9. The monoisotopic (exact) mass is 476 g/mol. The molecule has 184 valence electrons. The summed E-state index contributed by atoms with van der Waals surface area (Å²) >= 11 is 0. The number of benzene rings is 2. The van der Waals surface area contributed by atoms with Crippen molar-refractivity contribution in [3.8, 4) is 0 Å². The quantitative estimate of drug-likeness (QED) is 0.224. The molecule has 10 heteroatoms. The second-order valence-corrected chi connectivity index (χ2v) is 6.69. The smallest absolute Gasteiger partial charge is 0.432 e. The third-order valence-electron chi connectivity index (χ3n) is 3.81. The van der Waals surface area contributed by atoms with E-state index in [0.29, 0.717) is 17.5 Å². The van der Waals surface area contributed by atoms with Crippen molar-refractivity contribution < 1.29 is 48.2 Å². The van der Waals surface area contributed by atoms with Crippen molar-refractivity contribution in [3.63, 3.8) is 0 Å². The van der Waals surface area contributed by atoms with Gasteiger partial charge in [0.05, 0.1) is 24.3 Å². The summed E-state index contributed by atoms with van der Waals surface area (Å²) < 4.78 is 9.19. The molecule has 0 atom stereocenters. The first-order valence-corrected chi connectivity index (χ1v) is 10.6. The zero-order valence-corrected chi connectivity index (χ0v) is 19.3. The molecule has 0 heterocycles. The molecule has 34 heavy (non-hydrogen) atoms. The van der Waals surface area contributed by atoms with Gasteiger partial charge in [-0.3, -0.25) is 0 Å². The van der Waals surface area contributed by atoms with E-state index in [2.05, 4.69) is 29.0 Å². The molecule has 0 aliphatic carbocycles. The Morgan fingerprint density at radius 3 is 1.62 bits per heavy atom. The first-order chi connectivity index (χ1) is 16.4. The molecule has 2 aromatic rings. The average molecular weight is 476 g/mol. The van der Waals surface area contributed by atoms with Gasteiger partial charge in [0.25, 0.3) is 0 Å². The number of hydrogen-bond donors (Lipinski definition) is 0. The molecule has 0 N–H and O–H groups in total. The molecule has 2 rings (SSSR count). The second-order valence-electron chi connectivity index (χ2n) is 6.69. The lowest BCUT2D eigenvalue weighted by atomic mass is 10.2. The lowest BCUT2D eigenvalue weighted by molar-refractivity contribution is -0.203. The Kier molecular flexibility index (Phi) is 13.6. The van der Waals surface area contributed by atoms with Crippen LogP contribution in [0.25, 0.3) is 0 Å². The van der Waals surface area contributed by atoms with Gasteiger partial charge >= 0.3 is 24.2 Å². The van der Waals surface area contributed by atoms with Crippen molar-refractivity contribution in [2.75, 3.05) is 13.2 Å². The molecule has 0 saturated carbocycles. The molecule has 0 radical (unpaired) electrons. The maximum absolute atomic E-state index is 11.4. The van der Waals surface area contributed by atoms with Crippen LogP contribution in [0, 0.1) is 6.92 Å². The molecule has 10 nitrogen and oxygen atoms in total. The fraction of sp³-hybridized carbons (Fsp3) is 0.333. The first kappa shape index (κ1) is 28.0. The number of carbonyl (C=O) groups is 4. The number of aryl methyl sites for hydroxylation is 1. The van der Waals surface area contributed by atoms with E-state index in [1.807, 2.05) is 20.8 Å². The van der Waals surface area contributed by atoms with Crippen LogP contribution in [-0.2, 0) is 29.0 Å². The summed E-state index contributed by atoms with van der Waals surface area (Å²) in [7, 11) is 0. The number of carbonyl (C=O) groups excluding carboxylic acids is 4. The normalized spacial score (nSPS) is 9.50. The fourth-order valence-corrected chi connectivity index (χ4v) is 2.04. The summed E-state index contributed by atoms with van der Waals surface area (Å²) in [6.45, 7) is 6.17. The highest BCUT2D eigenvalue weighted by Gasteiger charge is 2.13. The van der Waals surface area contributed by atoms with Gasteiger partial charge in [-0.15, -0.1) is 0 Å². The highest BCUT2D eigenvalue weighted by molar-refractivity contribution is 5.89. The molecule has 0 spiro atoms. The van der Waals surface area contributed by atoms with Gasteiger partial charge in [0.2, 0.25) is 0 Å². The molecule has 0 aliphatic rings. The highest BCUT2D eigenvalue weighted by atomic mass is 17.2. The van der Waals surface area contributed by atoms with Crippen LogP contribution in [0.5, 0.6) is 0 Å². The highest BCUT2D eigenvalue weighted by Crippen LogP contribution is 2.06. The summed E-state index contributed by atoms with van der Waals surface area (Å²) in [5.41, 5.74) is 1.62. The lowest BCUT2D eigenvalue weighted by Crippen LogP contribution is -2.13. The summed E-state index contributed by atoms with van der Waals surface area (Å²) in [5.74, 6) is -1.48. The van der Waals surface area contributed by atoms with Gasteiger partial charge < -0.3 is 9.47 Å². The van der Waals surface area contributed by atoms with Crippen molar-refractivity contribution in [3.05, 3.63) is 71.3 Å². The van der Waals surface area contributed by atoms with Gasteiger partial charge in [-0.05, 0) is 44.0 Å². The zero-order chi connectivity index (χ0) is 25.2. The third-order valence-corrected chi connectivity index (χ3v) is 3.81. The van der Waals surface area contributed by atoms with Crippen molar-refractivity contribution in [2.45, 2.75) is 40.0 Å². The molecule has 2 aromatic carbocycles. The van der Waals surface area contributed by atoms with Gasteiger partial charge in [0.1, 0.15) is 0 Å². The Morgan fingerprint density at radius 2 is 1.12 bits per heavy atom. The van der Waals surface area contributed by atoms with E-state index in [0.717, 1.165) is 18.4 Å². The predicted molar refractivity (Wildman–Crippen MR) is 119 cm³/mol. The maximum Gasteiger partial charge on any atom is 0.549 e. The van der Waals surface area contributed by atoms with Crippen LogP contribution in [0.4, 0.5) is 9.59 Å². The van der Waals surface area contributed by atoms with Gasteiger partial charge in [0.15, 0.2) is 0 Å². The van der Waals surface area contributed by atoms with E-state index in [1.54, 1.807) is 54.6 Å². The Morgan fingerprint density at radius 1 is 0.618 bits per heavy atom. The fourth-order valence-electron chi connectivity index (χ4n) is 2.04. The Hall–Kier alpha value is -4.08. The number of unbranched alkanes of at least 4 members (excludes halogenated alkanes) is 1. The van der Waals surface area contributed by atoms with E-state index >= 15 is 0 Å². The van der Waals surface area contributed by atoms with E-state index in [1.165, 1.54) is 0 Å². The summed E-state index contributed by atoms with van der Waals surface area (Å²) in [6.07, 6.45) is 0.272. The van der Waals surface area contributed by atoms with Crippen LogP contribution in [0.3, 0.4) is 0 Å². The standard InChI is InChI=1S/C13H16O5.C11H12O5/c1-3-4-9-16-13(15)18-17-12(14)11-7-5-10(2)6-8-11;1-2-8-14-11(13)16-15-10(12)9-6-4-3-5-7-9/h5-8H,3-4,9H2,1-2H3;3-7H,2,8H2,1H3. The molecule has 0 aliphatic heterocycles. The first-order valence-electron chi connectivity index (χ1n) is 10.6. The summed E-state index contributed by atoms with van der Waals surface area (Å²) in [4.78, 5) is 61.5. The van der Waals surface area contributed by atoms with Gasteiger partial charge in [0, 0.05) is 0 Å². The molecule has 0 amide bonds. The van der Waals surface area contributed by atoms with Crippen LogP contribution in [-0.4, -0.2) is 37.5 Å². The van der Waals surface area contributed by atoms with Crippen LogP contribution < -0.4 is 0 Å². The van der Waals surface area contributed by atoms with Crippen LogP contribution >= 0.6 is 0 Å². The van der Waals surface area contributed by atoms with Crippen molar-refractivity contribution in [1.29, 1.82) is 0 Å². The molecule has 0 aromatic heterocycles. The minimum Gasteiger partial charge on any atom is -0.432 e. The van der Waals surface area contributed by atoms with Crippen LogP contribution in [0.2, 0.25) is 0 Å². The van der Waals surface area contributed by atoms with Gasteiger partial charge in [-0.25, -0.2) is 29.1 Å². The SMILES string of the molecule is CCCCOC(=O)OOC(=O)c1ccc(C)cc1.CCCOC(=O)OOC(=O)c1ccccc1. The van der Waals surface area contributed by atoms with Crippen LogP contribution in [0.1, 0.15) is 59.4 Å². The molecule has 0 bridgehead atoms. The zero-order valence-electron chi connectivity index (χ0n) is 19.3. The molecule has 0 unspecified atom stereocenters. The van der Waals surface area contributed by atoms with E-state index in [-0.39, 0.29) is 13.2 Å². The Bertz CT molecular complexity index is 894. The summed E-state index contributed by atoms with van der Waals surface area (Å²) in [5, 5.41) is 0. The maximum atomic E-state index is 11.4. The van der Waals surface area contributed by atoms with Gasteiger partial charge in [-0.2, -0.15) is 9.59 Å². The molecule has 0 fully saturated rings. The Balaban J connectivity index is 0.000000342. The molecule has 0 saturated heterocycles. The number of ether oxygens (including phenoxy) is 2. The third kappa shape index (κ3) is 12.1. The second kappa shape index (κ2) is 16.5. The van der Waals surface area contributed by atoms with Crippen molar-refractivity contribution in [2.24, 2.45) is 0 Å². The largest absolute Gasteiger partial charge is 0.549 e. The lowest BCUT2D eigenvalue weighted by Gasteiger charge is -2.04. The minimum atomic E-state index is -1.02. The number of hydrogen-bond acceptors (Lipinski definition) is 10. The van der Waals surface area contributed by atoms with E-state index < -0.39 is 24.2 Å². The molecular formula is C24H28O10. The average Bonchev–Trinajstić information content (AvgIpc) is 2.86. The predicted octanol–water partition coefficient (Wildman–Crippen LogP) is 5.34. The number of rotatable bonds is 7. The Labute approximate surface area is 197 Å². The molecular weight excluding hydrogens is 448 g/mol.